The summed E-state index contributed by atoms with van der Waals surface area (Å²) in [5.41, 5.74) is 4.03. The predicted octanol–water partition coefficient (Wildman–Crippen LogP) is 10.1. The number of aromatic carboxylic acids is 1. The zero-order valence-electron chi connectivity index (χ0n) is 40.7. The fourth-order valence-corrected chi connectivity index (χ4v) is 14.1. The molecule has 5 N–H and O–H groups in total. The average Bonchev–Trinajstić information content (AvgIpc) is 3.69. The molecule has 9 rings (SSSR count). The van der Waals surface area contributed by atoms with Crippen LogP contribution in [-0.2, 0) is 14.4 Å². The van der Waals surface area contributed by atoms with Gasteiger partial charge in [-0.3, -0.25) is 19.2 Å². The van der Waals surface area contributed by atoms with Gasteiger partial charge in [0.1, 0.15) is 17.1 Å². The van der Waals surface area contributed by atoms with Crippen LogP contribution in [0.1, 0.15) is 115 Å². The van der Waals surface area contributed by atoms with E-state index < -0.39 is 5.97 Å². The molecule has 14 heteroatoms. The minimum atomic E-state index is -1.14. The molecule has 2 aromatic rings. The number of benzene rings is 3. The number of allylic oxidation sites excluding steroid dienone is 3. The number of aliphatic hydroxyl groups excluding tert-OH is 1. The third-order valence-electron chi connectivity index (χ3n) is 17.4. The second-order valence-corrected chi connectivity index (χ2v) is 21.8. The number of aromatic hydroxyl groups is 1. The molecular weight excluding hydrogens is 905 g/mol. The summed E-state index contributed by atoms with van der Waals surface area (Å²) in [6, 6.07) is 14.1. The van der Waals surface area contributed by atoms with Crippen molar-refractivity contribution in [2.45, 2.75) is 111 Å². The van der Waals surface area contributed by atoms with E-state index in [1.807, 2.05) is 9.80 Å². The molecular formula is C56H66N4O9S. The Morgan fingerprint density at radius 1 is 0.886 bits per heavy atom. The number of carboxylic acid groups (broad SMARTS) is 1. The highest BCUT2D eigenvalue weighted by Gasteiger charge is 2.59. The number of nitrogens with one attached hydrogen (secondary N) is 2. The first-order valence-electron chi connectivity index (χ1n) is 25.2. The monoisotopic (exact) mass is 970 g/mol. The second kappa shape index (κ2) is 19.6. The lowest BCUT2D eigenvalue weighted by Gasteiger charge is -2.58. The SMILES string of the molecule is CC(=O)C=C(O)CCC(=O)NC1CCC2(C)C(=CCC3C2CCC2(C)C(C(C)CCC(=O)N4CCN(C(=S)Nc5ccc(-c6c7ccc(=O)cc-7oc7cc(O)ccc67)c(C(=O)O)c5)CC4)CCC32)C1. The van der Waals surface area contributed by atoms with Crippen LogP contribution in [0.2, 0.25) is 0 Å². The normalized spacial score (nSPS) is 26.9. The first-order valence-corrected chi connectivity index (χ1v) is 25.6. The van der Waals surface area contributed by atoms with Crippen LogP contribution in [0, 0.1) is 40.4 Å². The summed E-state index contributed by atoms with van der Waals surface area (Å²) in [4.78, 5) is 66.8. The van der Waals surface area contributed by atoms with Crippen molar-refractivity contribution in [2.24, 2.45) is 40.4 Å². The number of carbonyl (C=O) groups excluding carboxylic acids is 3. The first-order chi connectivity index (χ1) is 33.4. The zero-order chi connectivity index (χ0) is 49.6. The van der Waals surface area contributed by atoms with Gasteiger partial charge in [0.15, 0.2) is 16.3 Å². The Hall–Kier alpha value is -6.02. The van der Waals surface area contributed by atoms with Crippen LogP contribution in [0.3, 0.4) is 0 Å². The lowest BCUT2D eigenvalue weighted by molar-refractivity contribution is -0.133. The Kier molecular flexibility index (Phi) is 13.7. The Morgan fingerprint density at radius 2 is 1.64 bits per heavy atom. The highest BCUT2D eigenvalue weighted by atomic mass is 32.1. The Labute approximate surface area is 414 Å². The smallest absolute Gasteiger partial charge is 0.336 e. The predicted molar refractivity (Wildman–Crippen MR) is 274 cm³/mol. The number of hydrogen-bond donors (Lipinski definition) is 5. The van der Waals surface area contributed by atoms with Gasteiger partial charge in [-0.1, -0.05) is 38.5 Å². The van der Waals surface area contributed by atoms with E-state index >= 15 is 0 Å². The van der Waals surface area contributed by atoms with E-state index in [0.717, 1.165) is 32.1 Å². The molecule has 8 unspecified atom stereocenters. The van der Waals surface area contributed by atoms with Gasteiger partial charge < -0.3 is 40.2 Å². The van der Waals surface area contributed by atoms with Gasteiger partial charge in [0.25, 0.3) is 0 Å². The van der Waals surface area contributed by atoms with Gasteiger partial charge in [-0.15, -0.1) is 0 Å². The maximum atomic E-state index is 13.7. The molecule has 4 fully saturated rings. The molecule has 0 bridgehead atoms. The van der Waals surface area contributed by atoms with Crippen molar-refractivity contribution >= 4 is 57.6 Å². The maximum Gasteiger partial charge on any atom is 0.336 e. The topological polar surface area (TPSA) is 190 Å². The second-order valence-electron chi connectivity index (χ2n) is 21.4. The summed E-state index contributed by atoms with van der Waals surface area (Å²) in [5, 5.41) is 38.0. The number of carbonyl (C=O) groups is 4. The molecule has 3 saturated carbocycles. The van der Waals surface area contributed by atoms with Crippen LogP contribution in [-0.4, -0.2) is 86.0 Å². The van der Waals surface area contributed by atoms with Crippen molar-refractivity contribution in [2.75, 3.05) is 31.5 Å². The number of phenolic OH excluding ortho intramolecular Hbond substituents is 1. The Bertz CT molecular complexity index is 2830. The lowest BCUT2D eigenvalue weighted by atomic mass is 9.47. The fourth-order valence-electron chi connectivity index (χ4n) is 13.8. The van der Waals surface area contributed by atoms with Crippen LogP contribution >= 0.6 is 12.2 Å². The van der Waals surface area contributed by atoms with Gasteiger partial charge in [-0.2, -0.15) is 0 Å². The van der Waals surface area contributed by atoms with E-state index in [1.54, 1.807) is 30.3 Å². The third-order valence-corrected chi connectivity index (χ3v) is 17.7. The summed E-state index contributed by atoms with van der Waals surface area (Å²) in [7, 11) is 0. The highest BCUT2D eigenvalue weighted by molar-refractivity contribution is 7.80. The summed E-state index contributed by atoms with van der Waals surface area (Å²) in [6.07, 6.45) is 14.3. The molecule has 13 nitrogen and oxygen atoms in total. The lowest BCUT2D eigenvalue weighted by Crippen LogP contribution is -2.52. The molecule has 1 saturated heterocycles. The standard InChI is InChI=1S/C56H66N4O9S/c1-32(45-15-16-46-41-11-6-34-28-36(57-50(65)17-10-37(62)27-33(2)61)19-21-55(34,3)47(41)20-22-56(45,46)4)5-18-51(66)59-23-25-60(26-24-59)54(70)58-35-7-12-40(44(29-35)53(67)68)52-42-13-8-38(63)30-48(42)69-49-31-39(64)9-14-43(49)52/h6-9,12-14,27,29-32,36,41,45-47,62-63H,5,10-11,15-26,28H2,1-4H3,(H,57,65)(H,58,70)(H,67,68). The number of piperazine rings is 1. The van der Waals surface area contributed by atoms with Crippen molar-refractivity contribution in [1.29, 1.82) is 0 Å². The number of phenols is 1. The number of thiocarbonyl (C=S) groups is 1. The number of anilines is 1. The molecule has 2 aliphatic heterocycles. The summed E-state index contributed by atoms with van der Waals surface area (Å²) in [6.45, 7) is 11.0. The van der Waals surface area contributed by atoms with Crippen molar-refractivity contribution in [3.63, 3.8) is 0 Å². The van der Waals surface area contributed by atoms with Crippen LogP contribution in [0.5, 0.6) is 5.75 Å². The van der Waals surface area contributed by atoms with Crippen LogP contribution in [0.25, 0.3) is 33.4 Å². The van der Waals surface area contributed by atoms with Gasteiger partial charge >= 0.3 is 5.97 Å². The number of nitrogens with zero attached hydrogens (tertiary/aromatic N) is 2. The molecule has 5 aliphatic carbocycles. The molecule has 8 atom stereocenters. The summed E-state index contributed by atoms with van der Waals surface area (Å²) >= 11 is 5.83. The fraction of sp³-hybridized carbons (Fsp3) is 0.500. The van der Waals surface area contributed by atoms with E-state index in [4.69, 9.17) is 16.6 Å². The minimum absolute atomic E-state index is 0.0237. The minimum Gasteiger partial charge on any atom is -0.512 e. The summed E-state index contributed by atoms with van der Waals surface area (Å²) < 4.78 is 5.97. The van der Waals surface area contributed by atoms with Crippen molar-refractivity contribution in [3.05, 3.63) is 93.9 Å². The molecule has 0 radical (unpaired) electrons. The summed E-state index contributed by atoms with van der Waals surface area (Å²) in [5.74, 6) is 1.91. The van der Waals surface area contributed by atoms with Crippen LogP contribution in [0.15, 0.2) is 87.3 Å². The molecule has 370 valence electrons. The van der Waals surface area contributed by atoms with Gasteiger partial charge in [0.05, 0.1) is 11.3 Å². The van der Waals surface area contributed by atoms with Gasteiger partial charge in [0.2, 0.25) is 11.8 Å². The first kappa shape index (κ1) is 49.0. The van der Waals surface area contributed by atoms with Crippen molar-refractivity contribution < 1.29 is 38.9 Å². The van der Waals surface area contributed by atoms with E-state index in [1.165, 1.54) is 68.5 Å². The van der Waals surface area contributed by atoms with Crippen molar-refractivity contribution in [1.82, 2.24) is 15.1 Å². The molecule has 0 aromatic heterocycles. The molecule has 0 spiro atoms. The van der Waals surface area contributed by atoms with Gasteiger partial charge in [-0.25, -0.2) is 4.79 Å². The third kappa shape index (κ3) is 9.60. The quantitative estimate of drug-likeness (QED) is 0.0298. The number of amides is 2. The number of rotatable bonds is 12. The highest BCUT2D eigenvalue weighted by Crippen LogP contribution is 2.67. The number of carboxylic acids is 1. The number of hydrogen-bond acceptors (Lipinski definition) is 9. The molecule has 7 aliphatic rings. The average molecular weight is 971 g/mol. The van der Waals surface area contributed by atoms with E-state index in [2.05, 4.69) is 37.5 Å². The molecule has 2 aromatic carbocycles. The number of ketones is 1. The number of aliphatic hydroxyl groups is 1. The largest absolute Gasteiger partial charge is 0.512 e. The van der Waals surface area contributed by atoms with Crippen molar-refractivity contribution in [3.8, 4) is 28.2 Å². The van der Waals surface area contributed by atoms with E-state index in [0.29, 0.717) is 101 Å². The van der Waals surface area contributed by atoms with Crippen LogP contribution in [0.4, 0.5) is 5.69 Å². The van der Waals surface area contributed by atoms with Crippen LogP contribution < -0.4 is 16.1 Å². The molecule has 2 amide bonds. The molecule has 2 heterocycles. The van der Waals surface area contributed by atoms with Gasteiger partial charge in [0, 0.05) is 91.9 Å². The Balaban J connectivity index is 0.768. The molecule has 70 heavy (non-hydrogen) atoms. The number of fused-ring (bicyclic) bond motifs is 7. The maximum absolute atomic E-state index is 13.7. The van der Waals surface area contributed by atoms with Gasteiger partial charge in [-0.05, 0) is 159 Å². The Morgan fingerprint density at radius 3 is 2.40 bits per heavy atom. The van der Waals surface area contributed by atoms with E-state index in [9.17, 15) is 39.3 Å². The van der Waals surface area contributed by atoms with E-state index in [-0.39, 0.29) is 75.6 Å². The zero-order valence-corrected chi connectivity index (χ0v) is 41.5.